The van der Waals surface area contributed by atoms with Gasteiger partial charge in [-0.3, -0.25) is 23.7 Å². The number of carbonyl (C=O) groups is 4. The first-order valence-corrected chi connectivity index (χ1v) is 13.4. The standard InChI is InChI=1S/C24H41N2O6P/c1-5-11-23(29)13-9-17-25(18-10-14-24(30)12-6-2)33(31,32)26(19-15-21(27)7-3)20-16-22(28)8-4/h5-6,11-12H,7-10,13-20H2,1-4H3,(H,31,32). The number of hydrogen-bond acceptors (Lipinski definition) is 5. The molecule has 0 aliphatic carbocycles. The van der Waals surface area contributed by atoms with Crippen molar-refractivity contribution in [2.24, 2.45) is 0 Å². The van der Waals surface area contributed by atoms with Crippen LogP contribution in [0.15, 0.2) is 24.3 Å². The van der Waals surface area contributed by atoms with Crippen molar-refractivity contribution in [3.63, 3.8) is 0 Å². The Kier molecular flexibility index (Phi) is 16.8. The molecule has 0 amide bonds. The van der Waals surface area contributed by atoms with Crippen LogP contribution in [0.3, 0.4) is 0 Å². The Morgan fingerprint density at radius 2 is 1.06 bits per heavy atom. The topological polar surface area (TPSA) is 112 Å². The van der Waals surface area contributed by atoms with Gasteiger partial charge >= 0.3 is 7.67 Å². The van der Waals surface area contributed by atoms with E-state index < -0.39 is 7.67 Å². The molecule has 0 saturated heterocycles. The van der Waals surface area contributed by atoms with Crippen molar-refractivity contribution < 1.29 is 28.6 Å². The maximum Gasteiger partial charge on any atom is 0.343 e. The molecule has 0 aliphatic heterocycles. The lowest BCUT2D eigenvalue weighted by Crippen LogP contribution is -2.35. The van der Waals surface area contributed by atoms with E-state index in [1.807, 2.05) is 0 Å². The van der Waals surface area contributed by atoms with Crippen LogP contribution >= 0.6 is 7.67 Å². The van der Waals surface area contributed by atoms with Gasteiger partial charge < -0.3 is 4.89 Å². The summed E-state index contributed by atoms with van der Waals surface area (Å²) in [6.07, 6.45) is 8.39. The number of nitrogens with zero attached hydrogens (tertiary/aromatic N) is 2. The molecule has 0 aromatic rings. The molecule has 33 heavy (non-hydrogen) atoms. The summed E-state index contributed by atoms with van der Waals surface area (Å²) in [6.45, 7) is 7.50. The smallest absolute Gasteiger partial charge is 0.322 e. The zero-order valence-electron chi connectivity index (χ0n) is 20.6. The summed E-state index contributed by atoms with van der Waals surface area (Å²) in [6, 6.07) is 0. The van der Waals surface area contributed by atoms with Crippen LogP contribution in [0.4, 0.5) is 0 Å². The first-order valence-electron chi connectivity index (χ1n) is 11.8. The predicted molar refractivity (Wildman–Crippen MR) is 131 cm³/mol. The lowest BCUT2D eigenvalue weighted by atomic mass is 10.2. The Balaban J connectivity index is 5.54. The minimum Gasteiger partial charge on any atom is -0.322 e. The number of rotatable bonds is 20. The predicted octanol–water partition coefficient (Wildman–Crippen LogP) is 4.28. The molecule has 0 saturated carbocycles. The summed E-state index contributed by atoms with van der Waals surface area (Å²) in [7, 11) is -4.09. The molecule has 0 aliphatic rings. The summed E-state index contributed by atoms with van der Waals surface area (Å²) < 4.78 is 16.3. The molecule has 1 atom stereocenters. The van der Waals surface area contributed by atoms with E-state index >= 15 is 0 Å². The highest BCUT2D eigenvalue weighted by atomic mass is 31.2. The van der Waals surface area contributed by atoms with Crippen molar-refractivity contribution in [2.75, 3.05) is 26.2 Å². The van der Waals surface area contributed by atoms with Gasteiger partial charge in [-0.25, -0.2) is 9.34 Å². The zero-order valence-corrected chi connectivity index (χ0v) is 21.5. The highest BCUT2D eigenvalue weighted by molar-refractivity contribution is 7.52. The Morgan fingerprint density at radius 3 is 1.39 bits per heavy atom. The van der Waals surface area contributed by atoms with Gasteiger partial charge in [0.2, 0.25) is 0 Å². The van der Waals surface area contributed by atoms with Crippen LogP contribution in [-0.2, 0) is 23.7 Å². The Hall–Kier alpha value is -1.73. The van der Waals surface area contributed by atoms with Gasteiger partial charge in [-0.05, 0) is 38.8 Å². The molecule has 1 unspecified atom stereocenters. The summed E-state index contributed by atoms with van der Waals surface area (Å²) in [5, 5.41) is 0. The molecule has 9 heteroatoms. The van der Waals surface area contributed by atoms with Gasteiger partial charge in [0.15, 0.2) is 11.6 Å². The molecule has 0 spiro atoms. The third-order valence-corrected chi connectivity index (χ3v) is 7.48. The average molecular weight is 485 g/mol. The molecule has 0 rings (SSSR count). The van der Waals surface area contributed by atoms with Gasteiger partial charge in [0.25, 0.3) is 0 Å². The summed E-state index contributed by atoms with van der Waals surface area (Å²) in [5.41, 5.74) is 0. The lowest BCUT2D eigenvalue weighted by molar-refractivity contribution is -0.119. The van der Waals surface area contributed by atoms with Crippen molar-refractivity contribution in [1.29, 1.82) is 0 Å². The van der Waals surface area contributed by atoms with Crippen molar-refractivity contribution >= 4 is 30.8 Å². The van der Waals surface area contributed by atoms with Gasteiger partial charge in [0, 0.05) is 64.7 Å². The first kappa shape index (κ1) is 31.3. The largest absolute Gasteiger partial charge is 0.343 e. The second-order valence-electron chi connectivity index (χ2n) is 7.84. The van der Waals surface area contributed by atoms with Gasteiger partial charge in [0.05, 0.1) is 0 Å². The van der Waals surface area contributed by atoms with E-state index in [1.165, 1.54) is 21.5 Å². The van der Waals surface area contributed by atoms with Crippen LogP contribution in [0.25, 0.3) is 0 Å². The molecule has 1 N–H and O–H groups in total. The van der Waals surface area contributed by atoms with Gasteiger partial charge in [0.1, 0.15) is 11.6 Å². The van der Waals surface area contributed by atoms with Crippen molar-refractivity contribution in [2.45, 2.75) is 79.1 Å². The van der Waals surface area contributed by atoms with Crippen molar-refractivity contribution in [3.05, 3.63) is 24.3 Å². The van der Waals surface area contributed by atoms with Crippen LogP contribution < -0.4 is 0 Å². The molecule has 0 heterocycles. The monoisotopic (exact) mass is 484 g/mol. The molecule has 188 valence electrons. The number of ketones is 4. The van der Waals surface area contributed by atoms with Crippen LogP contribution in [0, 0.1) is 0 Å². The van der Waals surface area contributed by atoms with E-state index in [1.54, 1.807) is 39.8 Å². The maximum absolute atomic E-state index is 13.6. The van der Waals surface area contributed by atoms with E-state index in [0.717, 1.165) is 0 Å². The minimum absolute atomic E-state index is 0.0257. The van der Waals surface area contributed by atoms with Crippen molar-refractivity contribution in [3.8, 4) is 0 Å². The molecule has 0 radical (unpaired) electrons. The average Bonchev–Trinajstić information content (AvgIpc) is 2.77. The summed E-state index contributed by atoms with van der Waals surface area (Å²) >= 11 is 0. The van der Waals surface area contributed by atoms with Gasteiger partial charge in [-0.2, -0.15) is 0 Å². The Bertz CT molecular complexity index is 697. The maximum atomic E-state index is 13.6. The number of allylic oxidation sites excluding steroid dienone is 4. The summed E-state index contributed by atoms with van der Waals surface area (Å²) in [4.78, 5) is 58.5. The van der Waals surface area contributed by atoms with Crippen LogP contribution in [0.2, 0.25) is 0 Å². The third kappa shape index (κ3) is 13.5. The zero-order chi connectivity index (χ0) is 25.3. The van der Waals surface area contributed by atoms with Crippen LogP contribution in [0.1, 0.15) is 79.1 Å². The fourth-order valence-electron chi connectivity index (χ4n) is 3.19. The normalized spacial score (nSPS) is 13.8. The molecule has 0 bridgehead atoms. The van der Waals surface area contributed by atoms with Crippen LogP contribution in [-0.4, -0.2) is 63.5 Å². The fourth-order valence-corrected chi connectivity index (χ4v) is 5.08. The van der Waals surface area contributed by atoms with E-state index in [0.29, 0.717) is 25.7 Å². The molecular formula is C24H41N2O6P. The number of hydrogen-bond donors (Lipinski definition) is 1. The Labute approximate surface area is 198 Å². The highest BCUT2D eigenvalue weighted by Gasteiger charge is 2.35. The van der Waals surface area contributed by atoms with E-state index in [-0.39, 0.29) is 75.0 Å². The highest BCUT2D eigenvalue weighted by Crippen LogP contribution is 2.49. The van der Waals surface area contributed by atoms with Crippen molar-refractivity contribution in [1.82, 2.24) is 9.34 Å². The molecule has 0 fully saturated rings. The lowest BCUT2D eigenvalue weighted by Gasteiger charge is -2.35. The Morgan fingerprint density at radius 1 is 0.697 bits per heavy atom. The molecule has 8 nitrogen and oxygen atoms in total. The van der Waals surface area contributed by atoms with Gasteiger partial charge in [-0.1, -0.05) is 26.0 Å². The SMILES string of the molecule is CC=CC(=O)CCCN(CCCC(=O)C=CC)P(=O)(O)N(CCC(=O)CC)CCC(=O)CC. The molecule has 0 aromatic carbocycles. The number of Topliss-reactive ketones (excluding diaryl/α,β-unsaturated/α-hetero) is 2. The van der Waals surface area contributed by atoms with Gasteiger partial charge in [-0.15, -0.1) is 0 Å². The second-order valence-corrected chi connectivity index (χ2v) is 10.0. The van der Waals surface area contributed by atoms with E-state index in [9.17, 15) is 28.6 Å². The van der Waals surface area contributed by atoms with Crippen LogP contribution in [0.5, 0.6) is 0 Å². The fraction of sp³-hybridized carbons (Fsp3) is 0.667. The second kappa shape index (κ2) is 17.7. The molecule has 0 aromatic heterocycles. The minimum atomic E-state index is -4.09. The molecular weight excluding hydrogens is 443 g/mol. The van der Waals surface area contributed by atoms with E-state index in [2.05, 4.69) is 0 Å². The summed E-state index contributed by atoms with van der Waals surface area (Å²) in [5.74, 6) is -0.176. The van der Waals surface area contributed by atoms with E-state index in [4.69, 9.17) is 0 Å². The quantitative estimate of drug-likeness (QED) is 0.201. The number of carbonyl (C=O) groups excluding carboxylic acids is 4. The first-order chi connectivity index (χ1) is 15.6. The third-order valence-electron chi connectivity index (χ3n) is 5.21.